The van der Waals surface area contributed by atoms with Gasteiger partial charge in [-0.2, -0.15) is 0 Å². The third-order valence-corrected chi connectivity index (χ3v) is 3.87. The second kappa shape index (κ2) is 10.1. The van der Waals surface area contributed by atoms with E-state index in [1.54, 1.807) is 0 Å². The molecule has 4 N–H and O–H groups in total. The first-order chi connectivity index (χ1) is 9.70. The zero-order valence-corrected chi connectivity index (χ0v) is 14.1. The third-order valence-electron chi connectivity index (χ3n) is 1.98. The Morgan fingerprint density at radius 2 is 1.00 bits per heavy atom. The van der Waals surface area contributed by atoms with E-state index in [1.807, 2.05) is 0 Å². The number of hydrogen-bond acceptors (Lipinski definition) is 4. The zero-order valence-electron chi connectivity index (χ0n) is 12.5. The molecule has 8 nitrogen and oxygen atoms in total. The standard InChI is InChI=1S/2C6H10N2O2.Ti/c2*1-5(9)7-3-4-8-6(2)10;/h2*3H2,1-2H3,(H,7,9)(H,8,10);. The van der Waals surface area contributed by atoms with Crippen LogP contribution < -0.4 is 21.3 Å². The fraction of sp³-hybridized carbons (Fsp3) is 0.500. The van der Waals surface area contributed by atoms with E-state index < -0.39 is 18.2 Å². The molecule has 0 heterocycles. The molecule has 0 aliphatic rings. The molecule has 0 fully saturated rings. The Hall–Kier alpha value is -1.67. The van der Waals surface area contributed by atoms with Crippen molar-refractivity contribution in [3.63, 3.8) is 0 Å². The molecule has 0 aliphatic carbocycles. The molecule has 116 valence electrons. The molecule has 0 atom stereocenters. The molecule has 0 aromatic carbocycles. The number of amides is 4. The van der Waals surface area contributed by atoms with Gasteiger partial charge in [-0.1, -0.05) is 0 Å². The normalized spacial score (nSPS) is 8.95. The van der Waals surface area contributed by atoms with E-state index in [0.29, 0.717) is 7.87 Å². The maximum absolute atomic E-state index is 11.2. The summed E-state index contributed by atoms with van der Waals surface area (Å²) in [6.07, 6.45) is 0. The van der Waals surface area contributed by atoms with Gasteiger partial charge in [-0.05, 0) is 0 Å². The van der Waals surface area contributed by atoms with Crippen molar-refractivity contribution in [3.05, 3.63) is 0 Å². The van der Waals surface area contributed by atoms with Crippen LogP contribution in [0.2, 0.25) is 0 Å². The van der Waals surface area contributed by atoms with Crippen molar-refractivity contribution >= 4 is 31.5 Å². The van der Waals surface area contributed by atoms with Gasteiger partial charge < -0.3 is 0 Å². The molecular weight excluding hydrogens is 312 g/mol. The first-order valence-corrected chi connectivity index (χ1v) is 7.79. The Kier molecular flexibility index (Phi) is 9.32. The van der Waals surface area contributed by atoms with Crippen molar-refractivity contribution < 1.29 is 37.4 Å². The van der Waals surface area contributed by atoms with E-state index >= 15 is 0 Å². The van der Waals surface area contributed by atoms with Crippen molar-refractivity contribution in [2.24, 2.45) is 0 Å². The predicted molar refractivity (Wildman–Crippen MR) is 75.0 cm³/mol. The molecule has 4 amide bonds. The number of hydrogen-bond donors (Lipinski definition) is 4. The Morgan fingerprint density at radius 1 is 0.667 bits per heavy atom. The van der Waals surface area contributed by atoms with Gasteiger partial charge in [0.15, 0.2) is 0 Å². The van der Waals surface area contributed by atoms with Crippen molar-refractivity contribution in [3.8, 4) is 0 Å². The summed E-state index contributed by atoms with van der Waals surface area (Å²) < 4.78 is 1.29. The van der Waals surface area contributed by atoms with Crippen LogP contribution in [0.3, 0.4) is 0 Å². The fourth-order valence-electron chi connectivity index (χ4n) is 1.27. The summed E-state index contributed by atoms with van der Waals surface area (Å²) in [7, 11) is 0. The molecule has 0 saturated carbocycles. The molecule has 0 saturated heterocycles. The summed E-state index contributed by atoms with van der Waals surface area (Å²) in [6.45, 7) is 5.90. The Labute approximate surface area is 131 Å². The van der Waals surface area contributed by atoms with Crippen LogP contribution in [0.25, 0.3) is 0 Å². The van der Waals surface area contributed by atoms with Gasteiger partial charge in [0, 0.05) is 0 Å². The Morgan fingerprint density at radius 3 is 1.24 bits per heavy atom. The predicted octanol–water partition coefficient (Wildman–Crippen LogP) is -2.13. The van der Waals surface area contributed by atoms with Crippen LogP contribution in [-0.4, -0.2) is 44.6 Å². The van der Waals surface area contributed by atoms with Crippen molar-refractivity contribution in [2.45, 2.75) is 27.7 Å². The van der Waals surface area contributed by atoms with E-state index in [0.717, 1.165) is 0 Å². The van der Waals surface area contributed by atoms with Gasteiger partial charge in [0.1, 0.15) is 0 Å². The molecule has 21 heavy (non-hydrogen) atoms. The minimum atomic E-state index is -1.05. The summed E-state index contributed by atoms with van der Waals surface area (Å²) in [5, 5.41) is 10.5. The number of rotatable bonds is 6. The van der Waals surface area contributed by atoms with Crippen molar-refractivity contribution in [2.75, 3.05) is 13.1 Å². The molecular formula is C12H20N4O4Ti. The molecule has 0 aromatic rings. The van der Waals surface area contributed by atoms with Crippen LogP contribution in [-0.2, 0) is 37.4 Å². The number of carbonyl (C=O) groups excluding carboxylic acids is 4. The topological polar surface area (TPSA) is 116 Å². The summed E-state index contributed by atoms with van der Waals surface area (Å²) in [5.74, 6) is -0.929. The van der Waals surface area contributed by atoms with E-state index in [4.69, 9.17) is 0 Å². The molecule has 0 rings (SSSR count). The summed E-state index contributed by atoms with van der Waals surface area (Å²) in [6, 6.07) is 0. The molecule has 9 heteroatoms. The SMILES string of the molecule is CC(=O)NC[C](NC(C)=O)=[Ti]=[C](CNC(C)=O)NC(C)=O. The maximum atomic E-state index is 11.2. The quantitative estimate of drug-likeness (QED) is 0.416. The van der Waals surface area contributed by atoms with Gasteiger partial charge in [-0.15, -0.1) is 0 Å². The van der Waals surface area contributed by atoms with Crippen LogP contribution in [0, 0.1) is 0 Å². The van der Waals surface area contributed by atoms with Crippen LogP contribution in [0.5, 0.6) is 0 Å². The van der Waals surface area contributed by atoms with Gasteiger partial charge in [0.25, 0.3) is 0 Å². The molecule has 0 aromatic heterocycles. The van der Waals surface area contributed by atoms with Crippen molar-refractivity contribution in [1.82, 2.24) is 21.3 Å². The van der Waals surface area contributed by atoms with Crippen LogP contribution in [0.1, 0.15) is 27.7 Å². The Bertz CT molecular complexity index is 467. The van der Waals surface area contributed by atoms with E-state index in [1.165, 1.54) is 27.7 Å². The van der Waals surface area contributed by atoms with Gasteiger partial charge >= 0.3 is 131 Å². The third kappa shape index (κ3) is 11.8. The molecule has 0 unspecified atom stereocenters. The number of nitrogens with one attached hydrogen (secondary N) is 4. The van der Waals surface area contributed by atoms with E-state index in [2.05, 4.69) is 21.3 Å². The number of carbonyl (C=O) groups is 4. The zero-order chi connectivity index (χ0) is 16.4. The average Bonchev–Trinajstić information content (AvgIpc) is 2.31. The molecule has 0 bridgehead atoms. The van der Waals surface area contributed by atoms with E-state index in [9.17, 15) is 19.2 Å². The summed E-state index contributed by atoms with van der Waals surface area (Å²) >= 11 is -1.05. The second-order valence-corrected chi connectivity index (χ2v) is 6.54. The summed E-state index contributed by atoms with van der Waals surface area (Å²) in [5.41, 5.74) is 0. The Balaban J connectivity index is 5.32. The minimum absolute atomic E-state index is 0.206. The van der Waals surface area contributed by atoms with Gasteiger partial charge in [-0.25, -0.2) is 0 Å². The average molecular weight is 332 g/mol. The summed E-state index contributed by atoms with van der Waals surface area (Å²) in [4.78, 5) is 44.3. The van der Waals surface area contributed by atoms with Gasteiger partial charge in [0.05, 0.1) is 0 Å². The van der Waals surface area contributed by atoms with Gasteiger partial charge in [0.2, 0.25) is 0 Å². The first kappa shape index (κ1) is 19.3. The van der Waals surface area contributed by atoms with Crippen LogP contribution >= 0.6 is 0 Å². The molecule has 0 radical (unpaired) electrons. The van der Waals surface area contributed by atoms with Gasteiger partial charge in [-0.3, -0.25) is 0 Å². The second-order valence-electron chi connectivity index (χ2n) is 4.26. The monoisotopic (exact) mass is 332 g/mol. The van der Waals surface area contributed by atoms with Crippen molar-refractivity contribution in [1.29, 1.82) is 0 Å². The first-order valence-electron chi connectivity index (χ1n) is 6.23. The van der Waals surface area contributed by atoms with Crippen LogP contribution in [0.4, 0.5) is 0 Å². The van der Waals surface area contributed by atoms with E-state index in [-0.39, 0.29) is 36.7 Å². The van der Waals surface area contributed by atoms with Crippen LogP contribution in [0.15, 0.2) is 0 Å². The molecule has 0 spiro atoms. The molecule has 0 aliphatic heterocycles. The fourth-order valence-corrected chi connectivity index (χ4v) is 3.14.